The van der Waals surface area contributed by atoms with Crippen LogP contribution in [-0.4, -0.2) is 15.6 Å². The Kier molecular flexibility index (Phi) is 4.22. The lowest BCUT2D eigenvalue weighted by molar-refractivity contribution is 0.102. The van der Waals surface area contributed by atoms with E-state index in [2.05, 4.69) is 52.9 Å². The predicted molar refractivity (Wildman–Crippen MR) is 78.8 cm³/mol. The van der Waals surface area contributed by atoms with E-state index in [-0.39, 0.29) is 5.78 Å². The van der Waals surface area contributed by atoms with Gasteiger partial charge in [0.25, 0.3) is 0 Å². The molecule has 0 aliphatic heterocycles. The number of hydrogen-bond donors (Lipinski definition) is 0. The first kappa shape index (κ1) is 13.5. The molecule has 17 heavy (non-hydrogen) atoms. The molecule has 0 fully saturated rings. The molecule has 2 heterocycles. The number of aryl methyl sites for hydroxylation is 1. The SMILES string of the molecule is CCn1ncc(Br)c1C(=O)c1cc(Br)sc1Br. The van der Waals surface area contributed by atoms with Crippen LogP contribution in [0.5, 0.6) is 0 Å². The van der Waals surface area contributed by atoms with Crippen LogP contribution in [-0.2, 0) is 6.54 Å². The topological polar surface area (TPSA) is 34.9 Å². The first-order chi connectivity index (χ1) is 8.04. The molecule has 0 saturated carbocycles. The third-order valence-corrected chi connectivity index (χ3v) is 5.13. The van der Waals surface area contributed by atoms with Crippen LogP contribution >= 0.6 is 59.1 Å². The summed E-state index contributed by atoms with van der Waals surface area (Å²) in [6.07, 6.45) is 1.64. The molecule has 0 unspecified atom stereocenters. The highest BCUT2D eigenvalue weighted by molar-refractivity contribution is 9.12. The second-order valence-corrected chi connectivity index (χ2v) is 7.83. The van der Waals surface area contributed by atoms with Gasteiger partial charge in [-0.25, -0.2) is 0 Å². The van der Waals surface area contributed by atoms with Gasteiger partial charge in [0.05, 0.1) is 23.8 Å². The van der Waals surface area contributed by atoms with Crippen molar-refractivity contribution in [3.63, 3.8) is 0 Å². The summed E-state index contributed by atoms with van der Waals surface area (Å²) in [7, 11) is 0. The number of hydrogen-bond acceptors (Lipinski definition) is 3. The summed E-state index contributed by atoms with van der Waals surface area (Å²) in [6.45, 7) is 2.62. The van der Waals surface area contributed by atoms with Gasteiger partial charge in [-0.15, -0.1) is 11.3 Å². The van der Waals surface area contributed by atoms with Gasteiger partial charge in [-0.05, 0) is 60.8 Å². The number of rotatable bonds is 3. The fourth-order valence-electron chi connectivity index (χ4n) is 1.45. The molecule has 0 saturated heterocycles. The summed E-state index contributed by atoms with van der Waals surface area (Å²) in [5.41, 5.74) is 1.23. The van der Waals surface area contributed by atoms with Crippen molar-refractivity contribution in [2.45, 2.75) is 13.5 Å². The summed E-state index contributed by atoms with van der Waals surface area (Å²) in [5.74, 6) is -0.0370. The van der Waals surface area contributed by atoms with E-state index in [1.807, 2.05) is 13.0 Å². The Balaban J connectivity index is 2.50. The minimum absolute atomic E-state index is 0.0370. The van der Waals surface area contributed by atoms with Crippen molar-refractivity contribution in [2.75, 3.05) is 0 Å². The van der Waals surface area contributed by atoms with Crippen molar-refractivity contribution in [2.24, 2.45) is 0 Å². The number of halogens is 3. The zero-order valence-corrected chi connectivity index (χ0v) is 14.3. The van der Waals surface area contributed by atoms with E-state index in [1.165, 1.54) is 11.3 Å². The molecular formula is C10H7Br3N2OS. The maximum atomic E-state index is 12.4. The molecule has 0 bridgehead atoms. The van der Waals surface area contributed by atoms with Crippen molar-refractivity contribution >= 4 is 64.9 Å². The maximum Gasteiger partial charge on any atom is 0.214 e. The summed E-state index contributed by atoms with van der Waals surface area (Å²) in [4.78, 5) is 12.4. The average molecular weight is 443 g/mol. The van der Waals surface area contributed by atoms with Crippen molar-refractivity contribution in [3.8, 4) is 0 Å². The Morgan fingerprint density at radius 1 is 1.47 bits per heavy atom. The highest BCUT2D eigenvalue weighted by atomic mass is 79.9. The number of nitrogens with zero attached hydrogens (tertiary/aromatic N) is 2. The van der Waals surface area contributed by atoms with Crippen LogP contribution < -0.4 is 0 Å². The van der Waals surface area contributed by atoms with E-state index in [0.717, 1.165) is 12.0 Å². The van der Waals surface area contributed by atoms with Gasteiger partial charge in [0, 0.05) is 6.54 Å². The summed E-state index contributed by atoms with van der Waals surface area (Å²) < 4.78 is 4.15. The molecule has 3 nitrogen and oxygen atoms in total. The second kappa shape index (κ2) is 5.34. The van der Waals surface area contributed by atoms with Crippen LogP contribution in [0.3, 0.4) is 0 Å². The molecule has 0 aliphatic carbocycles. The van der Waals surface area contributed by atoms with E-state index in [1.54, 1.807) is 10.9 Å². The Bertz CT molecular complexity index is 576. The van der Waals surface area contributed by atoms with Gasteiger partial charge in [-0.2, -0.15) is 5.10 Å². The quantitative estimate of drug-likeness (QED) is 0.657. The Morgan fingerprint density at radius 2 is 2.18 bits per heavy atom. The van der Waals surface area contributed by atoms with Crippen molar-refractivity contribution in [3.05, 3.63) is 35.6 Å². The maximum absolute atomic E-state index is 12.4. The molecule has 0 atom stereocenters. The molecule has 2 aromatic rings. The van der Waals surface area contributed by atoms with Crippen molar-refractivity contribution in [1.29, 1.82) is 0 Å². The van der Waals surface area contributed by atoms with Gasteiger partial charge >= 0.3 is 0 Å². The fraction of sp³-hybridized carbons (Fsp3) is 0.200. The molecule has 0 aliphatic rings. The monoisotopic (exact) mass is 440 g/mol. The molecular weight excluding hydrogens is 436 g/mol. The molecule has 0 spiro atoms. The van der Waals surface area contributed by atoms with Crippen LogP contribution in [0.1, 0.15) is 23.0 Å². The van der Waals surface area contributed by atoms with Crippen LogP contribution in [0.4, 0.5) is 0 Å². The summed E-state index contributed by atoms with van der Waals surface area (Å²) in [6, 6.07) is 1.82. The number of thiophene rings is 1. The highest BCUT2D eigenvalue weighted by Crippen LogP contribution is 2.34. The average Bonchev–Trinajstić information content (AvgIpc) is 2.80. The fourth-order valence-corrected chi connectivity index (χ4v) is 4.72. The molecule has 0 amide bonds. The smallest absolute Gasteiger partial charge is 0.214 e. The first-order valence-corrected chi connectivity index (χ1v) is 7.95. The van der Waals surface area contributed by atoms with Crippen molar-refractivity contribution < 1.29 is 4.79 Å². The third kappa shape index (κ3) is 2.57. The molecule has 90 valence electrons. The second-order valence-electron chi connectivity index (χ2n) is 3.22. The third-order valence-electron chi connectivity index (χ3n) is 2.21. The number of aromatic nitrogens is 2. The van der Waals surface area contributed by atoms with E-state index in [0.29, 0.717) is 17.8 Å². The molecule has 0 N–H and O–H groups in total. The normalized spacial score (nSPS) is 10.8. The van der Waals surface area contributed by atoms with Crippen LogP contribution in [0, 0.1) is 0 Å². The molecule has 0 radical (unpaired) electrons. The zero-order chi connectivity index (χ0) is 12.6. The van der Waals surface area contributed by atoms with Gasteiger partial charge in [-0.3, -0.25) is 9.48 Å². The van der Waals surface area contributed by atoms with E-state index >= 15 is 0 Å². The number of ketones is 1. The highest BCUT2D eigenvalue weighted by Gasteiger charge is 2.21. The van der Waals surface area contributed by atoms with Crippen LogP contribution in [0.2, 0.25) is 0 Å². The van der Waals surface area contributed by atoms with Gasteiger partial charge < -0.3 is 0 Å². The van der Waals surface area contributed by atoms with E-state index < -0.39 is 0 Å². The van der Waals surface area contributed by atoms with E-state index in [4.69, 9.17) is 0 Å². The van der Waals surface area contributed by atoms with Gasteiger partial charge in [0.1, 0.15) is 5.69 Å². The standard InChI is InChI=1S/C10H7Br3N2OS/c1-2-15-8(6(11)4-14-15)9(16)5-3-7(12)17-10(5)13/h3-4H,2H2,1H3. The summed E-state index contributed by atoms with van der Waals surface area (Å²) in [5, 5.41) is 4.14. The minimum atomic E-state index is -0.0370. The van der Waals surface area contributed by atoms with Gasteiger partial charge in [-0.1, -0.05) is 0 Å². The van der Waals surface area contributed by atoms with Crippen LogP contribution in [0.25, 0.3) is 0 Å². The summed E-state index contributed by atoms with van der Waals surface area (Å²) >= 11 is 11.6. The van der Waals surface area contributed by atoms with Gasteiger partial charge in [0.2, 0.25) is 5.78 Å². The molecule has 2 rings (SSSR count). The first-order valence-electron chi connectivity index (χ1n) is 4.75. The lowest BCUT2D eigenvalue weighted by atomic mass is 10.1. The van der Waals surface area contributed by atoms with Crippen LogP contribution in [0.15, 0.2) is 24.3 Å². The molecule has 2 aromatic heterocycles. The Morgan fingerprint density at radius 3 is 2.71 bits per heavy atom. The Hall–Kier alpha value is 0.0200. The zero-order valence-electron chi connectivity index (χ0n) is 8.71. The lowest BCUT2D eigenvalue weighted by Gasteiger charge is -2.03. The molecule has 0 aromatic carbocycles. The number of carbonyl (C=O) groups is 1. The van der Waals surface area contributed by atoms with Gasteiger partial charge in [0.15, 0.2) is 0 Å². The predicted octanol–water partition coefficient (Wildman–Crippen LogP) is 4.48. The van der Waals surface area contributed by atoms with E-state index in [9.17, 15) is 4.79 Å². The van der Waals surface area contributed by atoms with Crippen molar-refractivity contribution in [1.82, 2.24) is 9.78 Å². The minimum Gasteiger partial charge on any atom is -0.287 e. The number of carbonyl (C=O) groups excluding carboxylic acids is 1. The Labute approximate surface area is 128 Å². The molecule has 7 heteroatoms. The largest absolute Gasteiger partial charge is 0.287 e. The lowest BCUT2D eigenvalue weighted by Crippen LogP contribution is -2.10.